The van der Waals surface area contributed by atoms with E-state index in [2.05, 4.69) is 0 Å². The van der Waals surface area contributed by atoms with Crippen molar-refractivity contribution in [1.82, 2.24) is 4.90 Å². The van der Waals surface area contributed by atoms with Crippen LogP contribution in [0.25, 0.3) is 0 Å². The Morgan fingerprint density at radius 3 is 2.65 bits per heavy atom. The van der Waals surface area contributed by atoms with Crippen LogP contribution in [0.3, 0.4) is 0 Å². The highest BCUT2D eigenvalue weighted by molar-refractivity contribution is 5.94. The van der Waals surface area contributed by atoms with Crippen molar-refractivity contribution in [3.05, 3.63) is 70.3 Å². The highest BCUT2D eigenvalue weighted by atomic mass is 19.2. The molecule has 1 atom stereocenters. The van der Waals surface area contributed by atoms with Crippen molar-refractivity contribution in [2.24, 2.45) is 0 Å². The van der Waals surface area contributed by atoms with E-state index in [4.69, 9.17) is 5.11 Å². The molecule has 3 rings (SSSR count). The Morgan fingerprint density at radius 2 is 1.92 bits per heavy atom. The number of carbonyl (C=O) groups is 2. The maximum atomic E-state index is 14.1. The summed E-state index contributed by atoms with van der Waals surface area (Å²) >= 11 is 0. The molecule has 2 aromatic carbocycles. The van der Waals surface area contributed by atoms with Gasteiger partial charge in [-0.1, -0.05) is 18.2 Å². The molecule has 1 aliphatic rings. The Balaban J connectivity index is 1.82. The van der Waals surface area contributed by atoms with Gasteiger partial charge in [-0.3, -0.25) is 4.79 Å². The summed E-state index contributed by atoms with van der Waals surface area (Å²) in [5.41, 5.74) is 0.907. The number of piperidine rings is 1. The first-order chi connectivity index (χ1) is 12.4. The monoisotopic (exact) mass is 359 g/mol. The van der Waals surface area contributed by atoms with Crippen molar-refractivity contribution in [3.8, 4) is 0 Å². The molecule has 1 N–H and O–H groups in total. The van der Waals surface area contributed by atoms with E-state index in [1.54, 1.807) is 12.1 Å². The van der Waals surface area contributed by atoms with Gasteiger partial charge >= 0.3 is 5.97 Å². The summed E-state index contributed by atoms with van der Waals surface area (Å²) in [5, 5.41) is 9.13. The van der Waals surface area contributed by atoms with Gasteiger partial charge in [0, 0.05) is 19.0 Å². The van der Waals surface area contributed by atoms with Gasteiger partial charge in [-0.2, -0.15) is 0 Å². The fraction of sp³-hybridized carbons (Fsp3) is 0.300. The average molecular weight is 359 g/mol. The molecule has 2 aromatic rings. The summed E-state index contributed by atoms with van der Waals surface area (Å²) in [6, 6.07) is 9.33. The molecule has 6 heteroatoms. The maximum Gasteiger partial charge on any atom is 0.335 e. The number of halogens is 2. The van der Waals surface area contributed by atoms with E-state index in [0.29, 0.717) is 19.5 Å². The van der Waals surface area contributed by atoms with Gasteiger partial charge in [0.1, 0.15) is 0 Å². The number of carboxylic acid groups (broad SMARTS) is 1. The highest BCUT2D eigenvalue weighted by Gasteiger charge is 2.28. The van der Waals surface area contributed by atoms with Crippen LogP contribution in [0.15, 0.2) is 36.4 Å². The van der Waals surface area contributed by atoms with Crippen molar-refractivity contribution in [2.75, 3.05) is 13.1 Å². The number of hydrogen-bond acceptors (Lipinski definition) is 2. The van der Waals surface area contributed by atoms with E-state index in [0.717, 1.165) is 12.0 Å². The molecular formula is C20H19F2NO3. The second kappa shape index (κ2) is 7.23. The Bertz CT molecular complexity index is 866. The lowest BCUT2D eigenvalue weighted by Gasteiger charge is -2.33. The molecule has 4 nitrogen and oxygen atoms in total. The summed E-state index contributed by atoms with van der Waals surface area (Å²) in [6.45, 7) is 2.25. The topological polar surface area (TPSA) is 57.6 Å². The summed E-state index contributed by atoms with van der Waals surface area (Å²) in [5.74, 6) is -3.71. The second-order valence-electron chi connectivity index (χ2n) is 6.58. The lowest BCUT2D eigenvalue weighted by Crippen LogP contribution is -2.39. The third kappa shape index (κ3) is 3.45. The van der Waals surface area contributed by atoms with E-state index in [1.807, 2.05) is 6.07 Å². The lowest BCUT2D eigenvalue weighted by molar-refractivity contribution is 0.0685. The summed E-state index contributed by atoms with van der Waals surface area (Å²) in [6.07, 6.45) is 1.52. The molecule has 0 aliphatic carbocycles. The van der Waals surface area contributed by atoms with E-state index < -0.39 is 23.5 Å². The van der Waals surface area contributed by atoms with E-state index >= 15 is 0 Å². The third-order valence-electron chi connectivity index (χ3n) is 4.82. The van der Waals surface area contributed by atoms with E-state index in [9.17, 15) is 18.4 Å². The first-order valence-electron chi connectivity index (χ1n) is 8.45. The zero-order valence-corrected chi connectivity index (χ0v) is 14.3. The Morgan fingerprint density at radius 1 is 1.15 bits per heavy atom. The molecule has 0 unspecified atom stereocenters. The van der Waals surface area contributed by atoms with Crippen LogP contribution in [0, 0.1) is 18.6 Å². The fourth-order valence-electron chi connectivity index (χ4n) is 3.34. The van der Waals surface area contributed by atoms with Gasteiger partial charge < -0.3 is 10.0 Å². The number of likely N-dealkylation sites (tertiary alicyclic amines) is 1. The zero-order chi connectivity index (χ0) is 18.8. The molecule has 26 heavy (non-hydrogen) atoms. The summed E-state index contributed by atoms with van der Waals surface area (Å²) in [4.78, 5) is 25.3. The van der Waals surface area contributed by atoms with Crippen molar-refractivity contribution < 1.29 is 23.5 Å². The first kappa shape index (κ1) is 18.0. The molecule has 1 fully saturated rings. The Hall–Kier alpha value is -2.76. The molecule has 1 aliphatic heterocycles. The number of hydrogen-bond donors (Lipinski definition) is 1. The minimum absolute atomic E-state index is 0.0367. The molecule has 0 spiro atoms. The number of aromatic carboxylic acids is 1. The second-order valence-corrected chi connectivity index (χ2v) is 6.58. The van der Waals surface area contributed by atoms with Gasteiger partial charge in [-0.05, 0) is 49.1 Å². The van der Waals surface area contributed by atoms with Crippen molar-refractivity contribution in [2.45, 2.75) is 25.7 Å². The van der Waals surface area contributed by atoms with Gasteiger partial charge in [0.25, 0.3) is 5.91 Å². The van der Waals surface area contributed by atoms with Crippen LogP contribution in [-0.2, 0) is 0 Å². The van der Waals surface area contributed by atoms with E-state index in [1.165, 1.54) is 30.0 Å². The number of benzene rings is 2. The molecule has 0 bridgehead atoms. The quantitative estimate of drug-likeness (QED) is 0.901. The molecule has 1 amide bonds. The van der Waals surface area contributed by atoms with Crippen LogP contribution in [0.2, 0.25) is 0 Å². The van der Waals surface area contributed by atoms with Crippen molar-refractivity contribution >= 4 is 11.9 Å². The van der Waals surface area contributed by atoms with Crippen LogP contribution in [0.1, 0.15) is 50.6 Å². The van der Waals surface area contributed by atoms with Crippen LogP contribution in [0.5, 0.6) is 0 Å². The van der Waals surface area contributed by atoms with Gasteiger partial charge in [0.15, 0.2) is 11.6 Å². The third-order valence-corrected chi connectivity index (χ3v) is 4.82. The SMILES string of the molecule is Cc1ccc(C(=O)N2CCC[C@@H](c3cccc(C(=O)O)c3)C2)c(F)c1F. The highest BCUT2D eigenvalue weighted by Crippen LogP contribution is 2.29. The van der Waals surface area contributed by atoms with Crippen LogP contribution in [0.4, 0.5) is 8.78 Å². The molecule has 1 heterocycles. The zero-order valence-electron chi connectivity index (χ0n) is 14.3. The largest absolute Gasteiger partial charge is 0.478 e. The minimum atomic E-state index is -1.12. The van der Waals surface area contributed by atoms with E-state index in [-0.39, 0.29) is 22.6 Å². The molecular weight excluding hydrogens is 340 g/mol. The van der Waals surface area contributed by atoms with Crippen LogP contribution < -0.4 is 0 Å². The molecule has 0 aromatic heterocycles. The maximum absolute atomic E-state index is 14.1. The Kier molecular flexibility index (Phi) is 5.02. The summed E-state index contributed by atoms with van der Waals surface area (Å²) in [7, 11) is 0. The number of nitrogens with zero attached hydrogens (tertiary/aromatic N) is 1. The molecule has 1 saturated heterocycles. The van der Waals surface area contributed by atoms with Crippen molar-refractivity contribution in [1.29, 1.82) is 0 Å². The molecule has 136 valence electrons. The fourth-order valence-corrected chi connectivity index (χ4v) is 3.34. The molecule has 0 radical (unpaired) electrons. The average Bonchev–Trinajstić information content (AvgIpc) is 2.66. The molecule has 0 saturated carbocycles. The predicted molar refractivity (Wildman–Crippen MR) is 92.4 cm³/mol. The number of aryl methyl sites for hydroxylation is 1. The van der Waals surface area contributed by atoms with Crippen LogP contribution >= 0.6 is 0 Å². The number of carbonyl (C=O) groups excluding carboxylic acids is 1. The van der Waals surface area contributed by atoms with Gasteiger partial charge in [0.2, 0.25) is 0 Å². The number of amides is 1. The van der Waals surface area contributed by atoms with Crippen molar-refractivity contribution in [3.63, 3.8) is 0 Å². The predicted octanol–water partition coefficient (Wildman–Crippen LogP) is 3.99. The summed E-state index contributed by atoms with van der Waals surface area (Å²) < 4.78 is 27.9. The van der Waals surface area contributed by atoms with Crippen LogP contribution in [-0.4, -0.2) is 35.0 Å². The number of rotatable bonds is 3. The normalized spacial score (nSPS) is 17.2. The Labute approximate surface area is 150 Å². The van der Waals surface area contributed by atoms with Gasteiger partial charge in [-0.25, -0.2) is 13.6 Å². The number of carboxylic acids is 1. The van der Waals surface area contributed by atoms with Gasteiger partial charge in [-0.15, -0.1) is 0 Å². The first-order valence-corrected chi connectivity index (χ1v) is 8.45. The smallest absolute Gasteiger partial charge is 0.335 e. The standard InChI is InChI=1S/C20H19F2NO3/c1-12-7-8-16(18(22)17(12)21)19(24)23-9-3-6-15(11-23)13-4-2-5-14(10-13)20(25)26/h2,4-5,7-8,10,15H,3,6,9,11H2,1H3,(H,25,26)/t15-/m1/s1. The lowest BCUT2D eigenvalue weighted by atomic mass is 9.89. The minimum Gasteiger partial charge on any atom is -0.478 e. The van der Waals surface area contributed by atoms with Gasteiger partial charge in [0.05, 0.1) is 11.1 Å².